The largest absolute Gasteiger partial charge is 0.488 e. The van der Waals surface area contributed by atoms with E-state index in [1.54, 1.807) is 37.3 Å². The Bertz CT molecular complexity index is 1070. The second-order valence-electron chi connectivity index (χ2n) is 6.38. The Morgan fingerprint density at radius 1 is 0.967 bits per heavy atom. The van der Waals surface area contributed by atoms with E-state index in [0.717, 1.165) is 5.56 Å². The lowest BCUT2D eigenvalue weighted by molar-refractivity contribution is -0.136. The number of hydrogen-bond acceptors (Lipinski definition) is 4. The molecular weight excluding hydrogens is 402 g/mol. The Kier molecular flexibility index (Phi) is 7.19. The number of halogens is 1. The summed E-state index contributed by atoms with van der Waals surface area (Å²) < 4.78 is 5.84. The van der Waals surface area contributed by atoms with Crippen LogP contribution in [0.5, 0.6) is 5.75 Å². The maximum atomic E-state index is 12.1. The SMILES string of the molecule is Cc1c(Cl)cccc1NC(=O)C(=O)N/N=C/c1ccccc1OCc1ccccc1. The molecule has 0 atom stereocenters. The third-order valence-electron chi connectivity index (χ3n) is 4.25. The lowest BCUT2D eigenvalue weighted by Crippen LogP contribution is -2.32. The molecule has 0 heterocycles. The quantitative estimate of drug-likeness (QED) is 0.353. The molecular formula is C23H20ClN3O3. The van der Waals surface area contributed by atoms with Crippen LogP contribution >= 0.6 is 11.6 Å². The average molecular weight is 422 g/mol. The van der Waals surface area contributed by atoms with E-state index in [1.807, 2.05) is 42.5 Å². The molecule has 0 radical (unpaired) electrons. The number of benzene rings is 3. The Labute approximate surface area is 179 Å². The number of para-hydroxylation sites is 1. The van der Waals surface area contributed by atoms with Crippen molar-refractivity contribution in [3.63, 3.8) is 0 Å². The van der Waals surface area contributed by atoms with E-state index in [1.165, 1.54) is 6.21 Å². The predicted octanol–water partition coefficient (Wildman–Crippen LogP) is 4.32. The van der Waals surface area contributed by atoms with Gasteiger partial charge in [0, 0.05) is 16.3 Å². The number of ether oxygens (including phenoxy) is 1. The second kappa shape index (κ2) is 10.2. The van der Waals surface area contributed by atoms with Crippen molar-refractivity contribution in [3.8, 4) is 5.75 Å². The summed E-state index contributed by atoms with van der Waals surface area (Å²) in [7, 11) is 0. The van der Waals surface area contributed by atoms with E-state index in [0.29, 0.717) is 34.2 Å². The molecule has 2 N–H and O–H groups in total. The first kappa shape index (κ1) is 21.1. The average Bonchev–Trinajstić information content (AvgIpc) is 2.77. The summed E-state index contributed by atoms with van der Waals surface area (Å²) in [6, 6.07) is 22.1. The molecule has 0 aromatic heterocycles. The van der Waals surface area contributed by atoms with E-state index in [4.69, 9.17) is 16.3 Å². The number of nitrogens with zero attached hydrogens (tertiary/aromatic N) is 1. The molecule has 0 fully saturated rings. The Morgan fingerprint density at radius 2 is 1.70 bits per heavy atom. The van der Waals surface area contributed by atoms with Crippen LogP contribution in [0.4, 0.5) is 5.69 Å². The van der Waals surface area contributed by atoms with Crippen molar-refractivity contribution < 1.29 is 14.3 Å². The fraction of sp³-hybridized carbons (Fsp3) is 0.0870. The van der Waals surface area contributed by atoms with Gasteiger partial charge >= 0.3 is 11.8 Å². The molecule has 2 amide bonds. The summed E-state index contributed by atoms with van der Waals surface area (Å²) in [6.07, 6.45) is 1.43. The van der Waals surface area contributed by atoms with Crippen LogP contribution in [-0.4, -0.2) is 18.0 Å². The van der Waals surface area contributed by atoms with Gasteiger partial charge in [-0.1, -0.05) is 60.1 Å². The highest BCUT2D eigenvalue weighted by atomic mass is 35.5. The van der Waals surface area contributed by atoms with Crippen LogP contribution in [0.2, 0.25) is 5.02 Å². The fourth-order valence-electron chi connectivity index (χ4n) is 2.59. The first-order chi connectivity index (χ1) is 14.5. The zero-order valence-electron chi connectivity index (χ0n) is 16.3. The molecule has 0 saturated heterocycles. The number of carbonyl (C=O) groups is 2. The summed E-state index contributed by atoms with van der Waals surface area (Å²) in [6.45, 7) is 2.15. The van der Waals surface area contributed by atoms with Gasteiger partial charge < -0.3 is 10.1 Å². The lowest BCUT2D eigenvalue weighted by atomic mass is 10.2. The Morgan fingerprint density at radius 3 is 2.50 bits per heavy atom. The van der Waals surface area contributed by atoms with E-state index >= 15 is 0 Å². The molecule has 0 aliphatic rings. The van der Waals surface area contributed by atoms with Gasteiger partial charge in [-0.25, -0.2) is 5.43 Å². The molecule has 0 bridgehead atoms. The second-order valence-corrected chi connectivity index (χ2v) is 6.78. The van der Waals surface area contributed by atoms with Gasteiger partial charge in [-0.2, -0.15) is 5.10 Å². The maximum absolute atomic E-state index is 12.1. The van der Waals surface area contributed by atoms with Gasteiger partial charge in [0.2, 0.25) is 0 Å². The van der Waals surface area contributed by atoms with E-state index < -0.39 is 11.8 Å². The standard InChI is InChI=1S/C23H20ClN3O3/c1-16-19(24)11-7-12-20(16)26-22(28)23(29)27-25-14-18-10-5-6-13-21(18)30-15-17-8-3-2-4-9-17/h2-14H,15H2,1H3,(H,26,28)(H,27,29)/b25-14+. The van der Waals surface area contributed by atoms with E-state index in [2.05, 4.69) is 15.8 Å². The van der Waals surface area contributed by atoms with Crippen LogP contribution in [0.15, 0.2) is 77.9 Å². The Hall–Kier alpha value is -3.64. The number of rotatable bonds is 6. The molecule has 7 heteroatoms. The molecule has 0 unspecified atom stereocenters. The highest BCUT2D eigenvalue weighted by Gasteiger charge is 2.14. The molecule has 6 nitrogen and oxygen atoms in total. The molecule has 0 saturated carbocycles. The number of amides is 2. The van der Waals surface area contributed by atoms with Crippen molar-refractivity contribution in [2.45, 2.75) is 13.5 Å². The van der Waals surface area contributed by atoms with Gasteiger partial charge in [0.1, 0.15) is 12.4 Å². The van der Waals surface area contributed by atoms with Crippen molar-refractivity contribution in [1.29, 1.82) is 0 Å². The van der Waals surface area contributed by atoms with Gasteiger partial charge in [-0.15, -0.1) is 0 Å². The summed E-state index contributed by atoms with van der Waals surface area (Å²) >= 11 is 6.02. The van der Waals surface area contributed by atoms with Crippen molar-refractivity contribution in [2.24, 2.45) is 5.10 Å². The highest BCUT2D eigenvalue weighted by Crippen LogP contribution is 2.22. The fourth-order valence-corrected chi connectivity index (χ4v) is 2.76. The molecule has 152 valence electrons. The van der Waals surface area contributed by atoms with Crippen LogP contribution in [0, 0.1) is 6.92 Å². The van der Waals surface area contributed by atoms with Gasteiger partial charge in [-0.3, -0.25) is 9.59 Å². The van der Waals surface area contributed by atoms with Gasteiger partial charge in [0.05, 0.1) is 6.21 Å². The van der Waals surface area contributed by atoms with Crippen molar-refractivity contribution >= 4 is 35.3 Å². The monoisotopic (exact) mass is 421 g/mol. The van der Waals surface area contributed by atoms with Gasteiger partial charge in [0.15, 0.2) is 0 Å². The minimum Gasteiger partial charge on any atom is -0.488 e. The predicted molar refractivity (Wildman–Crippen MR) is 118 cm³/mol. The number of nitrogens with one attached hydrogen (secondary N) is 2. The minimum absolute atomic E-state index is 0.402. The van der Waals surface area contributed by atoms with Crippen molar-refractivity contribution in [3.05, 3.63) is 94.5 Å². The third-order valence-corrected chi connectivity index (χ3v) is 4.66. The first-order valence-corrected chi connectivity index (χ1v) is 9.57. The molecule has 30 heavy (non-hydrogen) atoms. The maximum Gasteiger partial charge on any atom is 0.329 e. The number of anilines is 1. The number of hydrogen-bond donors (Lipinski definition) is 2. The molecule has 3 aromatic rings. The summed E-state index contributed by atoms with van der Waals surface area (Å²) in [4.78, 5) is 24.1. The molecule has 3 aromatic carbocycles. The molecule has 0 spiro atoms. The van der Waals surface area contributed by atoms with Gasteiger partial charge in [-0.05, 0) is 42.3 Å². The minimum atomic E-state index is -0.895. The zero-order valence-corrected chi connectivity index (χ0v) is 17.0. The molecule has 0 aliphatic heterocycles. The lowest BCUT2D eigenvalue weighted by Gasteiger charge is -2.09. The zero-order chi connectivity index (χ0) is 21.3. The normalized spacial score (nSPS) is 10.6. The molecule has 0 aliphatic carbocycles. The van der Waals surface area contributed by atoms with E-state index in [-0.39, 0.29) is 0 Å². The number of carbonyl (C=O) groups excluding carboxylic acids is 2. The van der Waals surface area contributed by atoms with Crippen LogP contribution in [-0.2, 0) is 16.2 Å². The molecule has 3 rings (SSSR count). The van der Waals surface area contributed by atoms with Crippen LogP contribution in [0.1, 0.15) is 16.7 Å². The smallest absolute Gasteiger partial charge is 0.329 e. The summed E-state index contributed by atoms with van der Waals surface area (Å²) in [5, 5.41) is 6.88. The third kappa shape index (κ3) is 5.68. The topological polar surface area (TPSA) is 79.8 Å². The Balaban J connectivity index is 1.59. The van der Waals surface area contributed by atoms with E-state index in [9.17, 15) is 9.59 Å². The summed E-state index contributed by atoms with van der Waals surface area (Å²) in [5.41, 5.74) is 5.05. The number of hydrazone groups is 1. The first-order valence-electron chi connectivity index (χ1n) is 9.20. The highest BCUT2D eigenvalue weighted by molar-refractivity contribution is 6.40. The van der Waals surface area contributed by atoms with Crippen molar-refractivity contribution in [2.75, 3.05) is 5.32 Å². The van der Waals surface area contributed by atoms with Gasteiger partial charge in [0.25, 0.3) is 0 Å². The van der Waals surface area contributed by atoms with Crippen LogP contribution in [0.25, 0.3) is 0 Å². The van der Waals surface area contributed by atoms with Crippen molar-refractivity contribution in [1.82, 2.24) is 5.43 Å². The summed E-state index contributed by atoms with van der Waals surface area (Å²) in [5.74, 6) is -1.13. The van der Waals surface area contributed by atoms with Crippen LogP contribution in [0.3, 0.4) is 0 Å². The van der Waals surface area contributed by atoms with Crippen LogP contribution < -0.4 is 15.5 Å².